The Kier molecular flexibility index (Phi) is 49.1. The maximum atomic E-state index is 11.9. The topological polar surface area (TPSA) is 162 Å². The maximum Gasteiger partial charge on any atom is 1.00 e. The summed E-state index contributed by atoms with van der Waals surface area (Å²) in [5, 5.41) is 11.2. The van der Waals surface area contributed by atoms with Crippen LogP contribution in [0.2, 0.25) is 0 Å². The molecule has 0 fully saturated rings. The van der Waals surface area contributed by atoms with Crippen molar-refractivity contribution in [3.63, 3.8) is 0 Å². The number of carbonyl (C=O) groups is 6. The van der Waals surface area contributed by atoms with E-state index in [1.807, 2.05) is 0 Å². The molecule has 14 heteroatoms. The van der Waals surface area contributed by atoms with Crippen molar-refractivity contribution in [1.29, 1.82) is 0 Å². The number of Topliss-reactive ketones (excluding diaryl/α,β-unsaturated/α-hetero) is 2. The zero-order chi connectivity index (χ0) is 34.8. The normalized spacial score (nSPS) is 10.1. The van der Waals surface area contributed by atoms with Gasteiger partial charge in [-0.25, -0.2) is 0 Å². The number of hydrogen-bond donors (Lipinski definition) is 0. The number of ether oxygens (including phenoxy) is 4. The van der Waals surface area contributed by atoms with Crippen molar-refractivity contribution >= 4 is 67.3 Å². The van der Waals surface area contributed by atoms with Gasteiger partial charge in [-0.2, -0.15) is 0 Å². The number of esters is 4. The van der Waals surface area contributed by atoms with Crippen LogP contribution in [0.4, 0.5) is 0 Å². The van der Waals surface area contributed by atoms with Gasteiger partial charge in [0.1, 0.15) is 23.9 Å². The number of ketones is 2. The molecule has 0 rings (SSSR count). The molecule has 260 valence electrons. The summed E-state index contributed by atoms with van der Waals surface area (Å²) in [4.78, 5) is 67.6. The summed E-state index contributed by atoms with van der Waals surface area (Å²) >= 11 is 6.73. The third-order valence-electron chi connectivity index (χ3n) is 5.16. The molecule has 0 aromatic heterocycles. The SMILES string of the molecule is BrCCCCCBr.CCOC(=O)C(CCCCCC(C(=O)OCC)C(=O)OCC)C(C)=O.CCOC(=O)CC(C)=O.CC[O-].[Na+]. The molecule has 0 aromatic rings. The molecule has 0 bridgehead atoms. The first-order chi connectivity index (χ1) is 20.9. The van der Waals surface area contributed by atoms with Gasteiger partial charge in [-0.1, -0.05) is 64.5 Å². The maximum absolute atomic E-state index is 11.9. The molecular formula is C31H55Br2NaO11. The first-order valence-electron chi connectivity index (χ1n) is 15.2. The van der Waals surface area contributed by atoms with Crippen LogP contribution in [0.5, 0.6) is 0 Å². The van der Waals surface area contributed by atoms with Gasteiger partial charge in [0.25, 0.3) is 0 Å². The van der Waals surface area contributed by atoms with Gasteiger partial charge in [-0.3, -0.25) is 28.8 Å². The molecule has 0 N–H and O–H groups in total. The van der Waals surface area contributed by atoms with Gasteiger partial charge in [-0.15, -0.1) is 6.61 Å². The molecule has 0 amide bonds. The molecule has 0 aliphatic carbocycles. The Morgan fingerprint density at radius 1 is 0.578 bits per heavy atom. The Labute approximate surface area is 309 Å². The van der Waals surface area contributed by atoms with E-state index in [4.69, 9.17) is 19.3 Å². The van der Waals surface area contributed by atoms with Crippen LogP contribution in [0.15, 0.2) is 0 Å². The molecule has 0 saturated heterocycles. The Hall–Kier alpha value is -0.860. The second-order valence-electron chi connectivity index (χ2n) is 9.02. The Bertz CT molecular complexity index is 746. The van der Waals surface area contributed by atoms with Crippen LogP contribution in [0.3, 0.4) is 0 Å². The molecule has 11 nitrogen and oxygen atoms in total. The van der Waals surface area contributed by atoms with E-state index < -0.39 is 35.7 Å². The number of carbonyl (C=O) groups excluding carboxylic acids is 6. The summed E-state index contributed by atoms with van der Waals surface area (Å²) in [6.45, 7) is 12.0. The van der Waals surface area contributed by atoms with Gasteiger partial charge < -0.3 is 24.1 Å². The molecule has 0 aliphatic rings. The van der Waals surface area contributed by atoms with Crippen molar-refractivity contribution in [2.45, 2.75) is 106 Å². The van der Waals surface area contributed by atoms with Crippen LogP contribution in [-0.2, 0) is 47.7 Å². The average molecular weight is 787 g/mol. The molecule has 0 radical (unpaired) electrons. The summed E-state index contributed by atoms with van der Waals surface area (Å²) in [6.07, 6.45) is 6.48. The summed E-state index contributed by atoms with van der Waals surface area (Å²) < 4.78 is 19.2. The van der Waals surface area contributed by atoms with Crippen molar-refractivity contribution in [2.24, 2.45) is 11.8 Å². The number of rotatable bonds is 20. The third kappa shape index (κ3) is 39.2. The fraction of sp³-hybridized carbons (Fsp3) is 0.806. The van der Waals surface area contributed by atoms with E-state index >= 15 is 0 Å². The van der Waals surface area contributed by atoms with Crippen LogP contribution in [0, 0.1) is 11.8 Å². The minimum absolute atomic E-state index is 0. The Morgan fingerprint density at radius 3 is 1.22 bits per heavy atom. The number of unbranched alkanes of at least 4 members (excludes halogenated alkanes) is 4. The average Bonchev–Trinajstić information content (AvgIpc) is 2.94. The number of hydrogen-bond acceptors (Lipinski definition) is 11. The van der Waals surface area contributed by atoms with E-state index in [0.717, 1.165) is 10.7 Å². The van der Waals surface area contributed by atoms with Crippen molar-refractivity contribution in [1.82, 2.24) is 0 Å². The summed E-state index contributed by atoms with van der Waals surface area (Å²) in [5.74, 6) is -4.12. The molecule has 0 heterocycles. The minimum Gasteiger partial charge on any atom is -0.855 e. The van der Waals surface area contributed by atoms with Gasteiger partial charge in [0.2, 0.25) is 0 Å². The van der Waals surface area contributed by atoms with E-state index in [1.165, 1.54) is 33.1 Å². The monoisotopic (exact) mass is 784 g/mol. The standard InChI is InChI=1S/C18H30O7.C6H10O3.C5H10Br2.C2H5O.Na/c1-5-23-16(20)14(13(4)19)11-9-8-10-12-15(17(21)24-6-2)18(22)25-7-3;1-3-9-6(8)4-5(2)7;6-4-2-1-3-5-7;1-2-3;/h14-15H,5-12H2,1-4H3;3-4H2,1-2H3;1-5H2;2H2,1H3;/q;;;-1;+1. The summed E-state index contributed by atoms with van der Waals surface area (Å²) in [6, 6.07) is 0. The Balaban J connectivity index is -0.000000217. The number of halogens is 2. The van der Waals surface area contributed by atoms with E-state index in [9.17, 15) is 28.8 Å². The first kappa shape index (κ1) is 53.6. The van der Waals surface area contributed by atoms with Crippen LogP contribution in [0.1, 0.15) is 106 Å². The molecule has 1 atom stereocenters. The third-order valence-corrected chi connectivity index (χ3v) is 6.28. The fourth-order valence-corrected chi connectivity index (χ4v) is 4.00. The van der Waals surface area contributed by atoms with Crippen molar-refractivity contribution < 1.29 is 82.4 Å². The van der Waals surface area contributed by atoms with Crippen LogP contribution < -0.4 is 34.7 Å². The molecular weight excluding hydrogens is 731 g/mol. The first-order valence-corrected chi connectivity index (χ1v) is 17.5. The van der Waals surface area contributed by atoms with Crippen molar-refractivity contribution in [3.8, 4) is 0 Å². The number of alkyl halides is 2. The van der Waals surface area contributed by atoms with Crippen LogP contribution in [0.25, 0.3) is 0 Å². The molecule has 0 aliphatic heterocycles. The van der Waals surface area contributed by atoms with Crippen LogP contribution in [-0.4, -0.2) is 79.1 Å². The second kappa shape index (κ2) is 41.2. The van der Waals surface area contributed by atoms with Crippen LogP contribution >= 0.6 is 31.9 Å². The van der Waals surface area contributed by atoms with Crippen molar-refractivity contribution in [3.05, 3.63) is 0 Å². The van der Waals surface area contributed by atoms with Gasteiger partial charge in [0.05, 0.1) is 26.4 Å². The quantitative estimate of drug-likeness (QED) is 0.0445. The summed E-state index contributed by atoms with van der Waals surface area (Å²) in [7, 11) is 0. The van der Waals surface area contributed by atoms with Gasteiger partial charge in [0, 0.05) is 10.7 Å². The minimum atomic E-state index is -0.923. The summed E-state index contributed by atoms with van der Waals surface area (Å²) in [5.41, 5.74) is 0. The van der Waals surface area contributed by atoms with Gasteiger partial charge in [0.15, 0.2) is 5.92 Å². The molecule has 0 aromatic carbocycles. The second-order valence-corrected chi connectivity index (χ2v) is 10.6. The van der Waals surface area contributed by atoms with Gasteiger partial charge >= 0.3 is 53.4 Å². The Morgan fingerprint density at radius 2 is 0.911 bits per heavy atom. The zero-order valence-electron chi connectivity index (χ0n) is 28.7. The largest absolute Gasteiger partial charge is 1.00 e. The smallest absolute Gasteiger partial charge is 0.855 e. The van der Waals surface area contributed by atoms with Crippen molar-refractivity contribution in [2.75, 3.05) is 43.7 Å². The van der Waals surface area contributed by atoms with E-state index in [0.29, 0.717) is 38.7 Å². The van der Waals surface area contributed by atoms with Gasteiger partial charge in [-0.05, 0) is 67.2 Å². The molecule has 0 saturated carbocycles. The molecule has 0 spiro atoms. The van der Waals surface area contributed by atoms with E-state index in [-0.39, 0.29) is 74.0 Å². The predicted octanol–water partition coefficient (Wildman–Crippen LogP) is 2.29. The predicted molar refractivity (Wildman–Crippen MR) is 175 cm³/mol. The zero-order valence-corrected chi connectivity index (χ0v) is 33.9. The molecule has 1 unspecified atom stereocenters. The fourth-order valence-electron chi connectivity index (χ4n) is 3.20. The molecule has 45 heavy (non-hydrogen) atoms. The van der Waals surface area contributed by atoms with E-state index in [2.05, 4.69) is 36.6 Å². The van der Waals surface area contributed by atoms with E-state index in [1.54, 1.807) is 34.6 Å².